The molecule has 8 aromatic carbocycles. The van der Waals surface area contributed by atoms with Crippen molar-refractivity contribution in [3.05, 3.63) is 176 Å². The molecule has 230 valence electrons. The Kier molecular flexibility index (Phi) is 3.85. The molecule has 0 N–H and O–H groups in total. The number of rotatable bonds is 5. The van der Waals surface area contributed by atoms with Crippen molar-refractivity contribution in [3.8, 4) is 22.3 Å². The molecule has 3 heteroatoms. The van der Waals surface area contributed by atoms with E-state index in [0.717, 1.165) is 22.1 Å². The highest BCUT2D eigenvalue weighted by molar-refractivity contribution is 7.25. The largest absolute Gasteiger partial charge is 0.455 e. The molecule has 2 heterocycles. The van der Waals surface area contributed by atoms with Crippen LogP contribution in [0.1, 0.15) is 20.6 Å². The minimum Gasteiger partial charge on any atom is -0.455 e. The van der Waals surface area contributed by atoms with Gasteiger partial charge in [-0.15, -0.1) is 11.3 Å². The molecule has 0 aliphatic carbocycles. The van der Waals surface area contributed by atoms with Crippen LogP contribution in [0.15, 0.2) is 180 Å². The number of furan rings is 1. The van der Waals surface area contributed by atoms with Crippen LogP contribution in [0.4, 0.5) is 17.1 Å². The van der Waals surface area contributed by atoms with E-state index in [9.17, 15) is 8.22 Å². The maximum absolute atomic E-state index is 9.76. The van der Waals surface area contributed by atoms with Crippen LogP contribution in [0.5, 0.6) is 0 Å². The number of anilines is 3. The van der Waals surface area contributed by atoms with Crippen LogP contribution in [-0.2, 0) is 0 Å². The van der Waals surface area contributed by atoms with Crippen molar-refractivity contribution in [2.45, 2.75) is 0 Å². The minimum absolute atomic E-state index is 0.00352. The highest BCUT2D eigenvalue weighted by Gasteiger charge is 2.21. The molecular formula is C46H29NOS. The molecule has 0 saturated heterocycles. The van der Waals surface area contributed by atoms with Gasteiger partial charge in [0.15, 0.2) is 0 Å². The van der Waals surface area contributed by atoms with Crippen LogP contribution in [0.3, 0.4) is 0 Å². The molecule has 0 bridgehead atoms. The topological polar surface area (TPSA) is 16.4 Å². The summed E-state index contributed by atoms with van der Waals surface area (Å²) >= 11 is 0.805. The van der Waals surface area contributed by atoms with Gasteiger partial charge in [-0.3, -0.25) is 0 Å². The second kappa shape index (κ2) is 11.2. The average Bonchev–Trinajstić information content (AvgIpc) is 3.89. The van der Waals surface area contributed by atoms with Crippen LogP contribution >= 0.6 is 11.3 Å². The Morgan fingerprint density at radius 1 is 0.510 bits per heavy atom. The van der Waals surface area contributed by atoms with E-state index in [2.05, 4.69) is 0 Å². The average molecular weight is 659 g/mol. The number of thiophene rings is 1. The third kappa shape index (κ3) is 4.55. The number of fused-ring (bicyclic) bond motifs is 8. The Morgan fingerprint density at radius 2 is 1.33 bits per heavy atom. The Morgan fingerprint density at radius 3 is 2.24 bits per heavy atom. The molecule has 0 spiro atoms. The summed E-state index contributed by atoms with van der Waals surface area (Å²) in [4.78, 5) is 1.22. The smallest absolute Gasteiger partial charge is 0.143 e. The first kappa shape index (κ1) is 16.8. The predicted octanol–water partition coefficient (Wildman–Crippen LogP) is 13.9. The van der Waals surface area contributed by atoms with E-state index in [4.69, 9.17) is 16.8 Å². The van der Waals surface area contributed by atoms with Gasteiger partial charge in [0, 0.05) is 42.3 Å². The molecule has 2 nitrogen and oxygen atoms in total. The fourth-order valence-electron chi connectivity index (χ4n) is 6.36. The van der Waals surface area contributed by atoms with Gasteiger partial charge in [-0.1, -0.05) is 121 Å². The first-order chi connectivity index (χ1) is 30.6. The van der Waals surface area contributed by atoms with Gasteiger partial charge in [0.1, 0.15) is 11.2 Å². The summed E-state index contributed by atoms with van der Waals surface area (Å²) in [5, 5.41) is 2.47. The van der Waals surface area contributed by atoms with Gasteiger partial charge in [-0.05, 0) is 82.1 Å². The van der Waals surface area contributed by atoms with Gasteiger partial charge in [-0.25, -0.2) is 0 Å². The lowest BCUT2D eigenvalue weighted by atomic mass is 9.98. The third-order valence-electron chi connectivity index (χ3n) is 8.54. The highest BCUT2D eigenvalue weighted by Crippen LogP contribution is 2.46. The third-order valence-corrected chi connectivity index (χ3v) is 9.56. The van der Waals surface area contributed by atoms with Crippen LogP contribution in [-0.4, -0.2) is 0 Å². The van der Waals surface area contributed by atoms with Crippen molar-refractivity contribution < 1.29 is 25.0 Å². The second-order valence-electron chi connectivity index (χ2n) is 11.3. The molecular weight excluding hydrogens is 615 g/mol. The summed E-state index contributed by atoms with van der Waals surface area (Å²) in [5.41, 5.74) is -0.218. The standard InChI is InChI=1S/C46H29NOS/c1-2-11-30(12-3-1)33-14-8-15-35(29-33)47(40-19-10-20-41-45(40)39-28-25-31-13-4-5-16-37(31)46(39)48-41)34-26-23-32(24-27-34)36-18-9-22-43-44(36)38-17-6-7-21-42(38)49-43/h1-29H/i6D,7D,8D,9D,14D,15D,17D,18D,21D,22D,23D,24D,26D,27D,29D. The molecule has 0 fully saturated rings. The molecule has 0 unspecified atom stereocenters. The fourth-order valence-corrected chi connectivity index (χ4v) is 7.33. The van der Waals surface area contributed by atoms with E-state index < -0.39 is 102 Å². The summed E-state index contributed by atoms with van der Waals surface area (Å²) in [7, 11) is 0. The predicted molar refractivity (Wildman–Crippen MR) is 210 cm³/mol. The first-order valence-corrected chi connectivity index (χ1v) is 16.2. The van der Waals surface area contributed by atoms with E-state index in [0.29, 0.717) is 27.5 Å². The molecule has 49 heavy (non-hydrogen) atoms. The summed E-state index contributed by atoms with van der Waals surface area (Å²) in [6, 6.07) is 16.0. The Labute approximate surface area is 308 Å². The monoisotopic (exact) mass is 658 g/mol. The maximum Gasteiger partial charge on any atom is 0.143 e. The Balaban J connectivity index is 1.36. The first-order valence-electron chi connectivity index (χ1n) is 22.9. The molecule has 0 amide bonds. The quantitative estimate of drug-likeness (QED) is 0.183. The summed E-state index contributed by atoms with van der Waals surface area (Å²) in [6.45, 7) is 0. The second-order valence-corrected chi connectivity index (χ2v) is 12.3. The molecule has 0 radical (unpaired) electrons. The lowest BCUT2D eigenvalue weighted by molar-refractivity contribution is 0.672. The Hall–Kier alpha value is -6.16. The Bertz CT molecular complexity index is 3670. The van der Waals surface area contributed by atoms with Gasteiger partial charge in [0.05, 0.1) is 31.6 Å². The van der Waals surface area contributed by atoms with Crippen molar-refractivity contribution in [2.75, 3.05) is 4.90 Å². The molecule has 10 aromatic rings. The normalized spacial score (nSPS) is 16.0. The summed E-state index contributed by atoms with van der Waals surface area (Å²) < 4.78 is 143. The van der Waals surface area contributed by atoms with E-state index in [1.807, 2.05) is 36.4 Å². The van der Waals surface area contributed by atoms with Crippen molar-refractivity contribution in [1.82, 2.24) is 0 Å². The lowest BCUT2D eigenvalue weighted by Gasteiger charge is -2.27. The number of hydrogen-bond acceptors (Lipinski definition) is 3. The lowest BCUT2D eigenvalue weighted by Crippen LogP contribution is -2.10. The van der Waals surface area contributed by atoms with Crippen LogP contribution < -0.4 is 4.90 Å². The molecule has 0 saturated carbocycles. The van der Waals surface area contributed by atoms with Crippen LogP contribution in [0.2, 0.25) is 0 Å². The van der Waals surface area contributed by atoms with Gasteiger partial charge < -0.3 is 9.32 Å². The highest BCUT2D eigenvalue weighted by atomic mass is 32.1. The van der Waals surface area contributed by atoms with Crippen molar-refractivity contribution in [3.63, 3.8) is 0 Å². The zero-order valence-corrected chi connectivity index (χ0v) is 26.2. The molecule has 0 atom stereocenters. The molecule has 2 aromatic heterocycles. The summed E-state index contributed by atoms with van der Waals surface area (Å²) in [6.07, 6.45) is 0. The zero-order valence-electron chi connectivity index (χ0n) is 40.3. The number of hydrogen-bond donors (Lipinski definition) is 0. The number of benzene rings is 8. The van der Waals surface area contributed by atoms with E-state index in [1.54, 1.807) is 48.5 Å². The van der Waals surface area contributed by atoms with Gasteiger partial charge in [0.2, 0.25) is 0 Å². The van der Waals surface area contributed by atoms with Crippen LogP contribution in [0.25, 0.3) is 75.1 Å². The summed E-state index contributed by atoms with van der Waals surface area (Å²) in [5.74, 6) is 0. The van der Waals surface area contributed by atoms with Crippen molar-refractivity contribution in [2.24, 2.45) is 0 Å². The number of nitrogens with zero attached hydrogens (tertiary/aromatic N) is 1. The van der Waals surface area contributed by atoms with Crippen LogP contribution in [0, 0.1) is 0 Å². The molecule has 0 aliphatic rings. The fraction of sp³-hybridized carbons (Fsp3) is 0. The molecule has 0 aliphatic heterocycles. The van der Waals surface area contributed by atoms with E-state index in [1.165, 1.54) is 4.90 Å². The van der Waals surface area contributed by atoms with Gasteiger partial charge in [0.25, 0.3) is 0 Å². The van der Waals surface area contributed by atoms with Gasteiger partial charge in [-0.2, -0.15) is 0 Å². The van der Waals surface area contributed by atoms with E-state index >= 15 is 0 Å². The minimum atomic E-state index is -0.729. The maximum atomic E-state index is 9.76. The zero-order chi connectivity index (χ0) is 45.4. The van der Waals surface area contributed by atoms with Crippen molar-refractivity contribution in [1.29, 1.82) is 0 Å². The molecule has 10 rings (SSSR count). The van der Waals surface area contributed by atoms with Gasteiger partial charge >= 0.3 is 0 Å². The SMILES string of the molecule is [2H]c1c([2H])c(-c2ccccc2)c([2H])c(N(c2c([2H])c([2H])c(-c3c([2H])c([2H])c([2H])c4sc5c([2H])c([2H])c([2H])c([2H])c5c34)c([2H])c2[2H])c2cccc3oc4c5ccccc5ccc4c23)c1[2H]. The van der Waals surface area contributed by atoms with Crippen molar-refractivity contribution >= 4 is 81.3 Å². The van der Waals surface area contributed by atoms with E-state index in [-0.39, 0.29) is 42.7 Å².